The predicted molar refractivity (Wildman–Crippen MR) is 97.7 cm³/mol. The molecule has 0 aromatic heterocycles. The Kier molecular flexibility index (Phi) is 12.2. The van der Waals surface area contributed by atoms with Gasteiger partial charge in [-0.25, -0.2) is 0 Å². The molecule has 2 amide bonds. The van der Waals surface area contributed by atoms with Crippen LogP contribution in [0.4, 0.5) is 149 Å². The summed E-state index contributed by atoms with van der Waals surface area (Å²) in [6.45, 7) is 0. The molecule has 0 aromatic carbocycles. The first kappa shape index (κ1) is 52.6. The maximum absolute atomic E-state index is 13.7. The van der Waals surface area contributed by atoms with Crippen LogP contribution < -0.4 is 10.9 Å². The highest BCUT2D eigenvalue weighted by Gasteiger charge is 2.97. The smallest absolute Gasteiger partial charge is 0.266 e. The summed E-state index contributed by atoms with van der Waals surface area (Å²) < 4.78 is 448. The van der Waals surface area contributed by atoms with Gasteiger partial charge >= 0.3 is 107 Å². The molecule has 0 aliphatic rings. The first-order chi connectivity index (χ1) is 23.5. The van der Waals surface area contributed by atoms with Crippen molar-refractivity contribution in [2.75, 3.05) is 0 Å². The van der Waals surface area contributed by atoms with E-state index in [9.17, 15) is 159 Å². The normalized spacial score (nSPS) is 16.5. The molecule has 0 aromatic rings. The Morgan fingerprint density at radius 3 is 0.482 bits per heavy atom. The number of alkyl halides is 34. The zero-order valence-electron chi connectivity index (χ0n) is 23.7. The van der Waals surface area contributed by atoms with Gasteiger partial charge in [-0.05, 0) is 0 Å². The number of rotatable bonds is 14. The first-order valence-corrected chi connectivity index (χ1v) is 11.6. The van der Waals surface area contributed by atoms with Crippen molar-refractivity contribution in [3.63, 3.8) is 0 Å². The lowest BCUT2D eigenvalue weighted by Crippen LogP contribution is -2.76. The van der Waals surface area contributed by atoms with Gasteiger partial charge in [-0.1, -0.05) is 0 Å². The van der Waals surface area contributed by atoms with Gasteiger partial charge in [-0.2, -0.15) is 149 Å². The first-order valence-electron chi connectivity index (χ1n) is 11.6. The molecule has 0 bridgehead atoms. The zero-order valence-corrected chi connectivity index (χ0v) is 23.7. The Morgan fingerprint density at radius 1 is 0.214 bits per heavy atom. The van der Waals surface area contributed by atoms with E-state index in [0.717, 1.165) is 0 Å². The van der Waals surface area contributed by atoms with Gasteiger partial charge in [0.2, 0.25) is 0 Å². The van der Waals surface area contributed by atoms with E-state index < -0.39 is 118 Å². The monoisotopic (exact) mass is 924 g/mol. The summed E-state index contributed by atoms with van der Waals surface area (Å²) in [6, 6.07) is 0. The second kappa shape index (κ2) is 13.0. The Bertz CT molecular complexity index is 1370. The minimum Gasteiger partial charge on any atom is -0.266 e. The molecule has 38 heteroatoms. The van der Waals surface area contributed by atoms with Crippen LogP contribution in [0.25, 0.3) is 0 Å². The number of hydrazine groups is 1. The predicted octanol–water partition coefficient (Wildman–Crippen LogP) is 9.15. The molecule has 0 atom stereocenters. The number of nitrogens with one attached hydrogen (secondary N) is 2. The molecule has 0 saturated heterocycles. The number of hydrogen-bond donors (Lipinski definition) is 2. The molecule has 0 aliphatic heterocycles. The van der Waals surface area contributed by atoms with E-state index in [-0.39, 0.29) is 0 Å². The molecule has 0 fully saturated rings. The lowest BCUT2D eigenvalue weighted by atomic mass is 9.88. The highest BCUT2D eigenvalue weighted by Crippen LogP contribution is 2.66. The van der Waals surface area contributed by atoms with Crippen molar-refractivity contribution in [2.45, 2.75) is 95.3 Å². The number of hydrogen-bond acceptors (Lipinski definition) is 2. The van der Waals surface area contributed by atoms with Gasteiger partial charge in [0.15, 0.2) is 0 Å². The van der Waals surface area contributed by atoms with E-state index in [1.54, 1.807) is 0 Å². The quantitative estimate of drug-likeness (QED) is 0.135. The molecule has 4 nitrogen and oxygen atoms in total. The van der Waals surface area contributed by atoms with Gasteiger partial charge in [0.25, 0.3) is 0 Å². The third-order valence-electron chi connectivity index (χ3n) is 6.30. The van der Waals surface area contributed by atoms with Crippen LogP contribution in [0.2, 0.25) is 0 Å². The summed E-state index contributed by atoms with van der Waals surface area (Å²) in [5.41, 5.74) is -2.33. The van der Waals surface area contributed by atoms with Crippen LogP contribution in [0.15, 0.2) is 0 Å². The molecule has 334 valence electrons. The zero-order chi connectivity index (χ0) is 46.6. The molecule has 0 saturated carbocycles. The van der Waals surface area contributed by atoms with Crippen molar-refractivity contribution in [3.05, 3.63) is 0 Å². The summed E-state index contributed by atoms with van der Waals surface area (Å²) in [4.78, 5) is 22.2. The van der Waals surface area contributed by atoms with Crippen LogP contribution in [-0.2, 0) is 9.59 Å². The Labute approximate surface area is 278 Å². The summed E-state index contributed by atoms with van der Waals surface area (Å²) in [5, 5.41) is 0. The van der Waals surface area contributed by atoms with E-state index in [1.165, 1.54) is 0 Å². The van der Waals surface area contributed by atoms with Crippen molar-refractivity contribution in [1.29, 1.82) is 0 Å². The van der Waals surface area contributed by atoms with Gasteiger partial charge < -0.3 is 0 Å². The second-order valence-electron chi connectivity index (χ2n) is 9.95. The molecule has 0 aliphatic carbocycles. The highest BCUT2D eigenvalue weighted by molar-refractivity contribution is 5.90. The average Bonchev–Trinajstić information content (AvgIpc) is 2.96. The van der Waals surface area contributed by atoms with E-state index in [0.29, 0.717) is 0 Å². The number of halogens is 34. The number of carbonyl (C=O) groups is 2. The second-order valence-corrected chi connectivity index (χ2v) is 9.95. The molecule has 0 radical (unpaired) electrons. The third kappa shape index (κ3) is 6.38. The van der Waals surface area contributed by atoms with Crippen molar-refractivity contribution in [2.24, 2.45) is 0 Å². The van der Waals surface area contributed by atoms with Crippen LogP contribution >= 0.6 is 0 Å². The van der Waals surface area contributed by atoms with Crippen LogP contribution in [0.5, 0.6) is 0 Å². The summed E-state index contributed by atoms with van der Waals surface area (Å²) in [6.07, 6.45) is -16.5. The van der Waals surface area contributed by atoms with Crippen molar-refractivity contribution < 1.29 is 159 Å². The molecule has 0 unspecified atom stereocenters. The van der Waals surface area contributed by atoms with E-state index >= 15 is 0 Å². The van der Waals surface area contributed by atoms with Crippen molar-refractivity contribution >= 4 is 11.8 Å². The van der Waals surface area contributed by atoms with Gasteiger partial charge in [-0.15, -0.1) is 0 Å². The molecule has 0 spiro atoms. The topological polar surface area (TPSA) is 58.2 Å². The minimum atomic E-state index is -9.44. The van der Waals surface area contributed by atoms with Crippen LogP contribution in [0.3, 0.4) is 0 Å². The van der Waals surface area contributed by atoms with Gasteiger partial charge in [0.05, 0.1) is 0 Å². The largest absolute Gasteiger partial charge is 0.460 e. The molecule has 0 rings (SSSR count). The fourth-order valence-corrected chi connectivity index (χ4v) is 2.88. The highest BCUT2D eigenvalue weighted by atomic mass is 19.4. The lowest BCUT2D eigenvalue weighted by Gasteiger charge is -2.42. The molecule has 2 N–H and O–H groups in total. The maximum Gasteiger partial charge on any atom is 0.460 e. The standard InChI is InChI=1S/C18H2F34N2O2/c19-3(20,5(23,24)7(27,28)9(31,32)11(35,36)13(39,40)15(43,44)17(47,48)49)1(55)53-54-2(56)4(21,22)6(25,26)8(29,30)10(33,34)12(37,38)14(41,42)16(45,46)18(50,51)52/h(H,53,55)(H,54,56). The van der Waals surface area contributed by atoms with E-state index in [4.69, 9.17) is 0 Å². The molecular formula is C18H2F34N2O2. The summed E-state index contributed by atoms with van der Waals surface area (Å²) in [7, 11) is 0. The molecule has 56 heavy (non-hydrogen) atoms. The van der Waals surface area contributed by atoms with E-state index in [2.05, 4.69) is 0 Å². The maximum atomic E-state index is 13.7. The Hall–Kier alpha value is -3.44. The van der Waals surface area contributed by atoms with Gasteiger partial charge in [0.1, 0.15) is 0 Å². The molecular weight excluding hydrogens is 922 g/mol. The van der Waals surface area contributed by atoms with Crippen molar-refractivity contribution in [3.8, 4) is 0 Å². The fourth-order valence-electron chi connectivity index (χ4n) is 2.88. The van der Waals surface area contributed by atoms with Gasteiger partial charge in [0, 0.05) is 0 Å². The number of amides is 2. The van der Waals surface area contributed by atoms with Gasteiger partial charge in [-0.3, -0.25) is 20.4 Å². The van der Waals surface area contributed by atoms with Crippen LogP contribution in [0.1, 0.15) is 0 Å². The SMILES string of the molecule is O=C(NNC(=O)C(F)(F)C(F)(F)C(F)(F)C(F)(F)C(F)(F)C(F)(F)C(F)(F)C(F)(F)F)C(F)(F)C(F)(F)C(F)(F)C(F)(F)C(F)(F)C(F)(F)C(F)(F)C(F)(F)F. The van der Waals surface area contributed by atoms with E-state index in [1.807, 2.05) is 0 Å². The Morgan fingerprint density at radius 2 is 0.339 bits per heavy atom. The third-order valence-corrected chi connectivity index (χ3v) is 6.30. The summed E-state index contributed by atoms with van der Waals surface area (Å²) in [5.74, 6) is -137. The average molecular weight is 924 g/mol. The van der Waals surface area contributed by atoms with Crippen LogP contribution in [-0.4, -0.2) is 107 Å². The summed E-state index contributed by atoms with van der Waals surface area (Å²) >= 11 is 0. The minimum absolute atomic E-state index is 1.16. The Balaban J connectivity index is 6.91. The van der Waals surface area contributed by atoms with Crippen LogP contribution in [0, 0.1) is 0 Å². The molecule has 0 heterocycles. The fraction of sp³-hybridized carbons (Fsp3) is 0.889. The lowest BCUT2D eigenvalue weighted by molar-refractivity contribution is -0.459. The van der Waals surface area contributed by atoms with Crippen molar-refractivity contribution in [1.82, 2.24) is 10.9 Å². The number of carbonyl (C=O) groups excluding carboxylic acids is 2.